The lowest BCUT2D eigenvalue weighted by molar-refractivity contribution is -0.275. The summed E-state index contributed by atoms with van der Waals surface area (Å²) in [6, 6.07) is 2.59. The Hall–Kier alpha value is -1.15. The Balaban J connectivity index is 3.20. The average molecular weight is 305 g/mol. The van der Waals surface area contributed by atoms with E-state index in [0.717, 1.165) is 18.2 Å². The summed E-state index contributed by atoms with van der Waals surface area (Å²) in [6.07, 6.45) is -4.90. The van der Waals surface area contributed by atoms with Gasteiger partial charge in [0.05, 0.1) is 11.5 Å². The van der Waals surface area contributed by atoms with Crippen LogP contribution in [-0.2, 0) is 9.05 Å². The van der Waals surface area contributed by atoms with Gasteiger partial charge in [-0.05, 0) is 19.1 Å². The van der Waals surface area contributed by atoms with E-state index in [2.05, 4.69) is 4.74 Å². The van der Waals surface area contributed by atoms with Crippen LogP contribution in [-0.4, -0.2) is 21.4 Å². The van der Waals surface area contributed by atoms with E-state index in [0.29, 0.717) is 0 Å². The highest BCUT2D eigenvalue weighted by Gasteiger charge is 2.32. The largest absolute Gasteiger partial charge is 0.573 e. The van der Waals surface area contributed by atoms with Crippen molar-refractivity contribution in [3.8, 4) is 11.5 Å². The minimum atomic E-state index is -4.90. The van der Waals surface area contributed by atoms with Gasteiger partial charge >= 0.3 is 6.36 Å². The second kappa shape index (κ2) is 5.23. The Bertz CT molecular complexity index is 527. The standard InChI is InChI=1S/C9H8ClF3O4S/c1-2-16-8-5-6(18(10,14)15)3-4-7(8)17-9(11,12)13/h3-5H,2H2,1H3. The predicted octanol–water partition coefficient (Wildman–Crippen LogP) is 2.91. The Morgan fingerprint density at radius 1 is 1.28 bits per heavy atom. The van der Waals surface area contributed by atoms with Gasteiger partial charge in [0.2, 0.25) is 0 Å². The van der Waals surface area contributed by atoms with E-state index >= 15 is 0 Å². The zero-order valence-electron chi connectivity index (χ0n) is 8.99. The summed E-state index contributed by atoms with van der Waals surface area (Å²) in [5.74, 6) is -0.982. The molecule has 0 fully saturated rings. The fourth-order valence-electron chi connectivity index (χ4n) is 1.12. The van der Waals surface area contributed by atoms with Gasteiger partial charge in [-0.1, -0.05) is 0 Å². The van der Waals surface area contributed by atoms with Crippen molar-refractivity contribution in [3.63, 3.8) is 0 Å². The van der Waals surface area contributed by atoms with Crippen LogP contribution in [0.5, 0.6) is 11.5 Å². The molecule has 0 aliphatic heterocycles. The van der Waals surface area contributed by atoms with Crippen LogP contribution in [0.1, 0.15) is 6.92 Å². The molecule has 0 radical (unpaired) electrons. The highest BCUT2D eigenvalue weighted by atomic mass is 35.7. The molecular formula is C9H8ClF3O4S. The minimum Gasteiger partial charge on any atom is -0.490 e. The first-order valence-corrected chi connectivity index (χ1v) is 6.91. The predicted molar refractivity (Wildman–Crippen MR) is 57.3 cm³/mol. The van der Waals surface area contributed by atoms with Gasteiger partial charge in [0, 0.05) is 16.7 Å². The number of alkyl halides is 3. The Labute approximate surface area is 106 Å². The molecule has 1 aromatic carbocycles. The van der Waals surface area contributed by atoms with Crippen molar-refractivity contribution >= 4 is 19.7 Å². The summed E-state index contributed by atoms with van der Waals surface area (Å²) < 4.78 is 66.8. The molecule has 0 aliphatic rings. The third-order valence-corrected chi connectivity index (χ3v) is 3.07. The van der Waals surface area contributed by atoms with Crippen molar-refractivity contribution < 1.29 is 31.1 Å². The molecule has 102 valence electrons. The minimum absolute atomic E-state index is 0.0417. The number of hydrogen-bond donors (Lipinski definition) is 0. The maximum absolute atomic E-state index is 12.1. The molecule has 0 atom stereocenters. The third kappa shape index (κ3) is 4.26. The first-order chi connectivity index (χ1) is 8.13. The fraction of sp³-hybridized carbons (Fsp3) is 0.333. The zero-order valence-corrected chi connectivity index (χ0v) is 10.6. The van der Waals surface area contributed by atoms with Gasteiger partial charge in [0.25, 0.3) is 9.05 Å². The molecule has 1 rings (SSSR count). The average Bonchev–Trinajstić information content (AvgIpc) is 2.17. The van der Waals surface area contributed by atoms with E-state index in [1.807, 2.05) is 0 Å². The third-order valence-electron chi connectivity index (χ3n) is 1.72. The lowest BCUT2D eigenvalue weighted by atomic mass is 10.3. The van der Waals surface area contributed by atoms with Crippen molar-refractivity contribution in [3.05, 3.63) is 18.2 Å². The van der Waals surface area contributed by atoms with Gasteiger partial charge in [0.1, 0.15) is 0 Å². The molecule has 1 aromatic rings. The molecule has 0 spiro atoms. The summed E-state index contributed by atoms with van der Waals surface area (Å²) in [6.45, 7) is 1.57. The van der Waals surface area contributed by atoms with Crippen LogP contribution >= 0.6 is 10.7 Å². The fourth-order valence-corrected chi connectivity index (χ4v) is 1.88. The molecule has 9 heteroatoms. The maximum Gasteiger partial charge on any atom is 0.573 e. The van der Waals surface area contributed by atoms with Crippen molar-refractivity contribution in [1.29, 1.82) is 0 Å². The van der Waals surface area contributed by atoms with Crippen LogP contribution in [0.3, 0.4) is 0 Å². The second-order valence-electron chi connectivity index (χ2n) is 3.03. The summed E-state index contributed by atoms with van der Waals surface area (Å²) in [4.78, 5) is -0.373. The molecule has 0 aliphatic carbocycles. The lowest BCUT2D eigenvalue weighted by Gasteiger charge is -2.13. The number of ether oxygens (including phenoxy) is 2. The topological polar surface area (TPSA) is 52.6 Å². The number of benzene rings is 1. The smallest absolute Gasteiger partial charge is 0.490 e. The molecule has 0 heterocycles. The molecule has 0 N–H and O–H groups in total. The van der Waals surface area contributed by atoms with Crippen molar-refractivity contribution in [2.45, 2.75) is 18.2 Å². The normalized spacial score (nSPS) is 12.3. The van der Waals surface area contributed by atoms with Crippen LogP contribution in [0.15, 0.2) is 23.1 Å². The van der Waals surface area contributed by atoms with Crippen LogP contribution in [0.4, 0.5) is 13.2 Å². The van der Waals surface area contributed by atoms with Crippen LogP contribution in [0.25, 0.3) is 0 Å². The van der Waals surface area contributed by atoms with Crippen LogP contribution < -0.4 is 9.47 Å². The van der Waals surface area contributed by atoms with Crippen molar-refractivity contribution in [2.75, 3.05) is 6.61 Å². The SMILES string of the molecule is CCOc1cc(S(=O)(=O)Cl)ccc1OC(F)(F)F. The lowest BCUT2D eigenvalue weighted by Crippen LogP contribution is -2.17. The monoisotopic (exact) mass is 304 g/mol. The molecule has 18 heavy (non-hydrogen) atoms. The number of halogens is 4. The molecule has 0 saturated carbocycles. The van der Waals surface area contributed by atoms with Gasteiger partial charge in [-0.2, -0.15) is 0 Å². The Kier molecular flexibility index (Phi) is 4.33. The zero-order chi connectivity index (χ0) is 14.0. The summed E-state index contributed by atoms with van der Waals surface area (Å²) in [5.41, 5.74) is 0. The van der Waals surface area contributed by atoms with Gasteiger partial charge in [-0.25, -0.2) is 8.42 Å². The second-order valence-corrected chi connectivity index (χ2v) is 5.59. The van der Waals surface area contributed by atoms with E-state index in [-0.39, 0.29) is 17.3 Å². The molecule has 0 bridgehead atoms. The van der Waals surface area contributed by atoms with E-state index in [1.165, 1.54) is 6.92 Å². The summed E-state index contributed by atoms with van der Waals surface area (Å²) in [5, 5.41) is 0. The Morgan fingerprint density at radius 2 is 1.89 bits per heavy atom. The van der Waals surface area contributed by atoms with Crippen molar-refractivity contribution in [1.82, 2.24) is 0 Å². The van der Waals surface area contributed by atoms with Gasteiger partial charge in [0.15, 0.2) is 11.5 Å². The van der Waals surface area contributed by atoms with Gasteiger partial charge < -0.3 is 9.47 Å². The molecule has 0 amide bonds. The molecule has 0 unspecified atom stereocenters. The quantitative estimate of drug-likeness (QED) is 0.803. The van der Waals surface area contributed by atoms with Crippen molar-refractivity contribution in [2.24, 2.45) is 0 Å². The van der Waals surface area contributed by atoms with E-state index < -0.39 is 21.2 Å². The molecule has 4 nitrogen and oxygen atoms in total. The van der Waals surface area contributed by atoms with Gasteiger partial charge in [-0.15, -0.1) is 13.2 Å². The molecule has 0 saturated heterocycles. The Morgan fingerprint density at radius 3 is 2.33 bits per heavy atom. The van der Waals surface area contributed by atoms with Crippen LogP contribution in [0, 0.1) is 0 Å². The summed E-state index contributed by atoms with van der Waals surface area (Å²) in [7, 11) is 1.02. The number of hydrogen-bond acceptors (Lipinski definition) is 4. The summed E-state index contributed by atoms with van der Waals surface area (Å²) >= 11 is 0. The maximum atomic E-state index is 12.1. The van der Waals surface area contributed by atoms with Crippen LogP contribution in [0.2, 0.25) is 0 Å². The van der Waals surface area contributed by atoms with E-state index in [9.17, 15) is 21.6 Å². The first-order valence-electron chi connectivity index (χ1n) is 4.60. The van der Waals surface area contributed by atoms with Gasteiger partial charge in [-0.3, -0.25) is 0 Å². The highest BCUT2D eigenvalue weighted by Crippen LogP contribution is 2.34. The van der Waals surface area contributed by atoms with E-state index in [4.69, 9.17) is 15.4 Å². The molecular weight excluding hydrogens is 297 g/mol. The molecule has 0 aromatic heterocycles. The first kappa shape index (κ1) is 14.9. The van der Waals surface area contributed by atoms with E-state index in [1.54, 1.807) is 0 Å². The number of rotatable bonds is 4. The highest BCUT2D eigenvalue weighted by molar-refractivity contribution is 8.13.